The van der Waals surface area contributed by atoms with Gasteiger partial charge >= 0.3 is 0 Å². The molecule has 152 valence electrons. The van der Waals surface area contributed by atoms with Crippen molar-refractivity contribution >= 4 is 17.7 Å². The molecule has 3 aliphatic heterocycles. The Kier molecular flexibility index (Phi) is 3.72. The fourth-order valence-electron chi connectivity index (χ4n) is 5.04. The van der Waals surface area contributed by atoms with Crippen LogP contribution in [0.15, 0.2) is 18.5 Å². The summed E-state index contributed by atoms with van der Waals surface area (Å²) in [6, 6.07) is 2.41. The summed E-state index contributed by atoms with van der Waals surface area (Å²) in [6.07, 6.45) is 6.56. The molecule has 3 saturated heterocycles. The number of hydrogen-bond donors (Lipinski definition) is 1. The number of morpholine rings is 1. The predicted octanol–water partition coefficient (Wildman–Crippen LogP) is 1.82. The molecule has 29 heavy (non-hydrogen) atoms. The quantitative estimate of drug-likeness (QED) is 0.838. The molecular weight excluding hydrogens is 373 g/mol. The number of halogens is 1. The summed E-state index contributed by atoms with van der Waals surface area (Å²) in [5.74, 6) is 1.89. The molecule has 9 heteroatoms. The lowest BCUT2D eigenvalue weighted by molar-refractivity contribution is -0.113. The van der Waals surface area contributed by atoms with Crippen LogP contribution in [-0.4, -0.2) is 64.5 Å². The van der Waals surface area contributed by atoms with Gasteiger partial charge in [0.05, 0.1) is 24.4 Å². The van der Waals surface area contributed by atoms with E-state index in [9.17, 15) is 4.39 Å². The van der Waals surface area contributed by atoms with Crippen molar-refractivity contribution in [1.29, 1.82) is 0 Å². The molecule has 1 spiro atoms. The van der Waals surface area contributed by atoms with Crippen LogP contribution >= 0.6 is 0 Å². The van der Waals surface area contributed by atoms with E-state index in [0.29, 0.717) is 25.0 Å². The molecule has 2 atom stereocenters. The molecule has 1 saturated carbocycles. The number of ether oxygens (including phenoxy) is 1. The van der Waals surface area contributed by atoms with Crippen molar-refractivity contribution in [1.82, 2.24) is 19.9 Å². The van der Waals surface area contributed by atoms with Gasteiger partial charge in [0, 0.05) is 43.7 Å². The van der Waals surface area contributed by atoms with Crippen LogP contribution in [0.3, 0.4) is 0 Å². The number of alkyl halides is 1. The standard InChI is InChI=1S/C20H24FN7O/c21-13-6-20(7-13)1-3-27(4-2-20)19-25-14(12-8-23-18(22)24-9-12)5-17(26-19)28-10-16-15(28)11-29-16/h5,8-9,13,15-16H,1-4,6-7,10-11H2,(H2,22,23,24)/t15-,16?/m1/s1. The minimum absolute atomic E-state index is 0.203. The van der Waals surface area contributed by atoms with Crippen LogP contribution < -0.4 is 15.5 Å². The molecule has 8 nitrogen and oxygen atoms in total. The molecule has 1 aliphatic carbocycles. The molecule has 1 unspecified atom stereocenters. The Labute approximate surface area is 168 Å². The number of piperidine rings is 1. The van der Waals surface area contributed by atoms with Crippen molar-refractivity contribution < 1.29 is 9.13 Å². The predicted molar refractivity (Wildman–Crippen MR) is 106 cm³/mol. The van der Waals surface area contributed by atoms with Gasteiger partial charge in [-0.2, -0.15) is 4.98 Å². The number of fused-ring (bicyclic) bond motifs is 1. The number of hydrogen-bond acceptors (Lipinski definition) is 8. The molecule has 4 fully saturated rings. The zero-order valence-corrected chi connectivity index (χ0v) is 16.2. The number of nitrogens with two attached hydrogens (primary N) is 1. The van der Waals surface area contributed by atoms with E-state index >= 15 is 0 Å². The monoisotopic (exact) mass is 397 g/mol. The van der Waals surface area contributed by atoms with Crippen molar-refractivity contribution in [3.8, 4) is 11.3 Å². The summed E-state index contributed by atoms with van der Waals surface area (Å²) in [6.45, 7) is 3.34. The fraction of sp³-hybridized carbons (Fsp3) is 0.600. The Bertz CT molecular complexity index is 923. The van der Waals surface area contributed by atoms with Crippen LogP contribution in [0.4, 0.5) is 22.1 Å². The highest BCUT2D eigenvalue weighted by Gasteiger charge is 2.49. The fourth-order valence-corrected chi connectivity index (χ4v) is 5.04. The van der Waals surface area contributed by atoms with Gasteiger partial charge in [-0.05, 0) is 31.1 Å². The van der Waals surface area contributed by atoms with Crippen molar-refractivity contribution in [2.75, 3.05) is 41.8 Å². The molecule has 0 bridgehead atoms. The Morgan fingerprint density at radius 2 is 1.90 bits per heavy atom. The Balaban J connectivity index is 1.30. The highest BCUT2D eigenvalue weighted by molar-refractivity contribution is 5.65. The van der Waals surface area contributed by atoms with Gasteiger partial charge in [-0.15, -0.1) is 0 Å². The molecular formula is C20H24FN7O. The number of aromatic nitrogens is 4. The van der Waals surface area contributed by atoms with Gasteiger partial charge in [0.15, 0.2) is 0 Å². The maximum atomic E-state index is 13.4. The lowest BCUT2D eigenvalue weighted by Crippen LogP contribution is -2.71. The molecule has 4 aliphatic rings. The van der Waals surface area contributed by atoms with E-state index < -0.39 is 6.17 Å². The number of nitrogen functional groups attached to an aromatic ring is 1. The topological polar surface area (TPSA) is 93.3 Å². The summed E-state index contributed by atoms with van der Waals surface area (Å²) in [7, 11) is 0. The lowest BCUT2D eigenvalue weighted by Gasteiger charge is -2.55. The maximum Gasteiger partial charge on any atom is 0.227 e. The van der Waals surface area contributed by atoms with Crippen LogP contribution in [-0.2, 0) is 4.74 Å². The van der Waals surface area contributed by atoms with Gasteiger partial charge < -0.3 is 20.3 Å². The van der Waals surface area contributed by atoms with E-state index in [1.807, 2.05) is 6.07 Å². The number of nitrogens with zero attached hydrogens (tertiary/aromatic N) is 6. The summed E-state index contributed by atoms with van der Waals surface area (Å²) < 4.78 is 19.0. The van der Waals surface area contributed by atoms with E-state index in [0.717, 1.165) is 62.1 Å². The van der Waals surface area contributed by atoms with Gasteiger partial charge in [0.1, 0.15) is 12.0 Å². The van der Waals surface area contributed by atoms with Crippen molar-refractivity contribution in [2.45, 2.75) is 44.0 Å². The van der Waals surface area contributed by atoms with E-state index in [4.69, 9.17) is 20.4 Å². The summed E-state index contributed by atoms with van der Waals surface area (Å²) >= 11 is 0. The number of rotatable bonds is 3. The minimum Gasteiger partial charge on any atom is -0.372 e. The Morgan fingerprint density at radius 1 is 1.14 bits per heavy atom. The largest absolute Gasteiger partial charge is 0.372 e. The van der Waals surface area contributed by atoms with Crippen molar-refractivity contribution in [3.05, 3.63) is 18.5 Å². The van der Waals surface area contributed by atoms with Crippen LogP contribution in [0.25, 0.3) is 11.3 Å². The van der Waals surface area contributed by atoms with Gasteiger partial charge in [0.2, 0.25) is 11.9 Å². The summed E-state index contributed by atoms with van der Waals surface area (Å²) in [5, 5.41) is 0. The van der Waals surface area contributed by atoms with Crippen LogP contribution in [0.5, 0.6) is 0 Å². The zero-order valence-electron chi connectivity index (χ0n) is 16.2. The van der Waals surface area contributed by atoms with Crippen LogP contribution in [0.1, 0.15) is 25.7 Å². The lowest BCUT2D eigenvalue weighted by atomic mass is 9.62. The second-order valence-electron chi connectivity index (χ2n) is 8.83. The third-order valence-electron chi connectivity index (χ3n) is 7.07. The molecule has 2 N–H and O–H groups in total. The summed E-state index contributed by atoms with van der Waals surface area (Å²) in [4.78, 5) is 22.5. The molecule has 0 aromatic carbocycles. The Hall–Kier alpha value is -2.55. The first-order valence-corrected chi connectivity index (χ1v) is 10.3. The molecule has 6 rings (SSSR count). The highest BCUT2D eigenvalue weighted by atomic mass is 19.1. The Morgan fingerprint density at radius 3 is 2.48 bits per heavy atom. The summed E-state index contributed by atoms with van der Waals surface area (Å²) in [5.41, 5.74) is 7.46. The third kappa shape index (κ3) is 2.82. The SMILES string of the molecule is Nc1ncc(-c2cc(N3CC4OC[C@H]43)nc(N3CCC4(CC3)CC(F)C4)n2)cn1. The smallest absolute Gasteiger partial charge is 0.227 e. The average Bonchev–Trinajstić information content (AvgIpc) is 2.70. The first-order chi connectivity index (χ1) is 14.1. The van der Waals surface area contributed by atoms with Crippen LogP contribution in [0, 0.1) is 5.41 Å². The average molecular weight is 397 g/mol. The third-order valence-corrected chi connectivity index (χ3v) is 7.07. The minimum atomic E-state index is -0.609. The van der Waals surface area contributed by atoms with Crippen molar-refractivity contribution in [2.24, 2.45) is 5.41 Å². The normalized spacial score (nSPS) is 27.8. The van der Waals surface area contributed by atoms with E-state index in [-0.39, 0.29) is 11.4 Å². The van der Waals surface area contributed by atoms with E-state index in [2.05, 4.69) is 19.8 Å². The first kappa shape index (κ1) is 17.3. The highest BCUT2D eigenvalue weighted by Crippen LogP contribution is 2.50. The van der Waals surface area contributed by atoms with Crippen LogP contribution in [0.2, 0.25) is 0 Å². The van der Waals surface area contributed by atoms with Gasteiger partial charge in [-0.1, -0.05) is 0 Å². The maximum absolute atomic E-state index is 13.4. The zero-order chi connectivity index (χ0) is 19.6. The van der Waals surface area contributed by atoms with E-state index in [1.165, 1.54) is 0 Å². The molecule has 5 heterocycles. The van der Waals surface area contributed by atoms with Gasteiger partial charge in [0.25, 0.3) is 0 Å². The molecule has 2 aromatic rings. The molecule has 2 aromatic heterocycles. The number of anilines is 3. The molecule has 0 amide bonds. The van der Waals surface area contributed by atoms with Gasteiger partial charge in [-0.25, -0.2) is 19.3 Å². The second kappa shape index (κ2) is 6.22. The second-order valence-corrected chi connectivity index (χ2v) is 8.83. The van der Waals surface area contributed by atoms with E-state index in [1.54, 1.807) is 12.4 Å². The van der Waals surface area contributed by atoms with Crippen molar-refractivity contribution in [3.63, 3.8) is 0 Å². The first-order valence-electron chi connectivity index (χ1n) is 10.3. The molecule has 0 radical (unpaired) electrons. The van der Waals surface area contributed by atoms with Gasteiger partial charge in [-0.3, -0.25) is 0 Å².